The average molecular weight is 411 g/mol. The van der Waals surface area contributed by atoms with Crippen molar-refractivity contribution in [2.45, 2.75) is 12.5 Å². The summed E-state index contributed by atoms with van der Waals surface area (Å²) in [5.41, 5.74) is 3.42. The first-order valence-corrected chi connectivity index (χ1v) is 9.57. The van der Waals surface area contributed by atoms with E-state index in [9.17, 15) is 4.39 Å². The molecule has 0 saturated carbocycles. The molecule has 0 aliphatic carbocycles. The van der Waals surface area contributed by atoms with E-state index in [0.717, 1.165) is 28.3 Å². The lowest BCUT2D eigenvalue weighted by Gasteiger charge is -2.24. The maximum absolute atomic E-state index is 14.4. The molecule has 0 fully saturated rings. The summed E-state index contributed by atoms with van der Waals surface area (Å²) >= 11 is 6.21. The minimum Gasteiger partial charge on any atom is -0.496 e. The number of methoxy groups -OCH3 is 2. The molecule has 6 heteroatoms. The number of anilines is 1. The number of para-hydroxylation sites is 1. The van der Waals surface area contributed by atoms with Gasteiger partial charge < -0.3 is 9.47 Å². The Morgan fingerprint density at radius 3 is 2.48 bits per heavy atom. The zero-order valence-electron chi connectivity index (χ0n) is 16.1. The molecule has 29 heavy (non-hydrogen) atoms. The molecule has 4 rings (SSSR count). The summed E-state index contributed by atoms with van der Waals surface area (Å²) < 4.78 is 25.0. The van der Waals surface area contributed by atoms with Gasteiger partial charge in [-0.1, -0.05) is 35.9 Å². The smallest absolute Gasteiger partial charge is 0.165 e. The summed E-state index contributed by atoms with van der Waals surface area (Å²) in [6.45, 7) is 0. The number of hydrogen-bond acceptors (Lipinski definition) is 4. The number of benzene rings is 3. The van der Waals surface area contributed by atoms with Gasteiger partial charge in [0.1, 0.15) is 5.75 Å². The molecule has 0 saturated heterocycles. The highest BCUT2D eigenvalue weighted by molar-refractivity contribution is 6.30. The number of nitrogens with zero attached hydrogens (tertiary/aromatic N) is 2. The van der Waals surface area contributed by atoms with Crippen LogP contribution in [0.25, 0.3) is 0 Å². The van der Waals surface area contributed by atoms with Gasteiger partial charge in [0.05, 0.1) is 31.7 Å². The van der Waals surface area contributed by atoms with Crippen molar-refractivity contribution in [2.75, 3.05) is 19.2 Å². The van der Waals surface area contributed by atoms with Crippen molar-refractivity contribution in [3.05, 3.63) is 88.7 Å². The normalized spacial score (nSPS) is 15.9. The molecule has 4 nitrogen and oxygen atoms in total. The molecule has 1 aliphatic rings. The van der Waals surface area contributed by atoms with Crippen LogP contribution in [-0.4, -0.2) is 19.9 Å². The highest BCUT2D eigenvalue weighted by atomic mass is 35.5. The van der Waals surface area contributed by atoms with Crippen molar-refractivity contribution in [3.8, 4) is 11.5 Å². The number of hydrazone groups is 1. The van der Waals surface area contributed by atoms with E-state index in [1.807, 2.05) is 59.6 Å². The Bertz CT molecular complexity index is 1070. The van der Waals surface area contributed by atoms with Gasteiger partial charge in [0.25, 0.3) is 0 Å². The molecule has 0 aromatic heterocycles. The molecular formula is C23H20ClFN2O2. The maximum atomic E-state index is 14.4. The summed E-state index contributed by atoms with van der Waals surface area (Å²) in [7, 11) is 3.09. The first kappa shape index (κ1) is 19.3. The molecule has 0 bridgehead atoms. The summed E-state index contributed by atoms with van der Waals surface area (Å²) in [6, 6.07) is 20.0. The zero-order chi connectivity index (χ0) is 20.4. The predicted octanol–water partition coefficient (Wildman–Crippen LogP) is 5.85. The quantitative estimate of drug-likeness (QED) is 0.529. The summed E-state index contributed by atoms with van der Waals surface area (Å²) in [4.78, 5) is 0. The standard InChI is InChI=1S/C23H20ClFN2O2/c1-28-22-9-4-3-8-18(22)20-14-21(15-10-11-23(29-2)19(25)12-15)27(26-20)17-7-5-6-16(24)13-17/h3-13,21H,14H2,1-2H3. The van der Waals surface area contributed by atoms with Crippen LogP contribution in [0, 0.1) is 5.82 Å². The van der Waals surface area contributed by atoms with Gasteiger partial charge in [-0.15, -0.1) is 0 Å². The second-order valence-corrected chi connectivity index (χ2v) is 7.12. The second-order valence-electron chi connectivity index (χ2n) is 6.69. The third-order valence-electron chi connectivity index (χ3n) is 4.96. The topological polar surface area (TPSA) is 34.1 Å². The Labute approximate surface area is 174 Å². The van der Waals surface area contributed by atoms with Crippen LogP contribution in [0.2, 0.25) is 5.02 Å². The van der Waals surface area contributed by atoms with E-state index >= 15 is 0 Å². The molecule has 1 atom stereocenters. The monoisotopic (exact) mass is 410 g/mol. The van der Waals surface area contributed by atoms with Crippen LogP contribution in [-0.2, 0) is 0 Å². The third kappa shape index (κ3) is 3.78. The van der Waals surface area contributed by atoms with Crippen molar-refractivity contribution < 1.29 is 13.9 Å². The second kappa shape index (κ2) is 8.13. The number of hydrogen-bond donors (Lipinski definition) is 0. The Morgan fingerprint density at radius 2 is 1.76 bits per heavy atom. The van der Waals surface area contributed by atoms with Crippen LogP contribution >= 0.6 is 11.6 Å². The van der Waals surface area contributed by atoms with Crippen LogP contribution in [0.3, 0.4) is 0 Å². The fourth-order valence-corrected chi connectivity index (χ4v) is 3.75. The largest absolute Gasteiger partial charge is 0.496 e. The SMILES string of the molecule is COc1ccc(C2CC(c3ccccc3OC)=NN2c2cccc(Cl)c2)cc1F. The van der Waals surface area contributed by atoms with E-state index in [-0.39, 0.29) is 11.8 Å². The molecule has 0 radical (unpaired) electrons. The molecule has 3 aromatic rings. The van der Waals surface area contributed by atoms with Crippen molar-refractivity contribution in [3.63, 3.8) is 0 Å². The van der Waals surface area contributed by atoms with E-state index in [4.69, 9.17) is 26.2 Å². The van der Waals surface area contributed by atoms with Gasteiger partial charge in [-0.3, -0.25) is 5.01 Å². The Balaban J connectivity index is 1.79. The first-order valence-electron chi connectivity index (χ1n) is 9.20. The van der Waals surface area contributed by atoms with Gasteiger partial charge in [0.2, 0.25) is 0 Å². The van der Waals surface area contributed by atoms with Gasteiger partial charge in [0, 0.05) is 17.0 Å². The Kier molecular flexibility index (Phi) is 5.41. The lowest BCUT2D eigenvalue weighted by molar-refractivity contribution is 0.386. The van der Waals surface area contributed by atoms with E-state index in [2.05, 4.69) is 0 Å². The van der Waals surface area contributed by atoms with Crippen molar-refractivity contribution >= 4 is 23.0 Å². The van der Waals surface area contributed by atoms with E-state index in [0.29, 0.717) is 11.4 Å². The molecule has 0 N–H and O–H groups in total. The predicted molar refractivity (Wildman–Crippen MR) is 114 cm³/mol. The summed E-state index contributed by atoms with van der Waals surface area (Å²) in [5.74, 6) is 0.563. The minimum absolute atomic E-state index is 0.186. The van der Waals surface area contributed by atoms with Crippen molar-refractivity contribution in [1.82, 2.24) is 0 Å². The fourth-order valence-electron chi connectivity index (χ4n) is 3.56. The number of rotatable bonds is 5. The lowest BCUT2D eigenvalue weighted by Crippen LogP contribution is -2.18. The Morgan fingerprint density at radius 1 is 0.966 bits per heavy atom. The molecule has 0 amide bonds. The van der Waals surface area contributed by atoms with E-state index < -0.39 is 5.82 Å². The first-order chi connectivity index (χ1) is 14.1. The molecule has 148 valence electrons. The molecular weight excluding hydrogens is 391 g/mol. The van der Waals surface area contributed by atoms with Crippen molar-refractivity contribution in [2.24, 2.45) is 5.10 Å². The Hall–Kier alpha value is -3.05. The van der Waals surface area contributed by atoms with Gasteiger partial charge in [0.15, 0.2) is 11.6 Å². The van der Waals surface area contributed by atoms with Gasteiger partial charge in [-0.25, -0.2) is 4.39 Å². The molecule has 0 spiro atoms. The van der Waals surface area contributed by atoms with Gasteiger partial charge in [-0.2, -0.15) is 5.10 Å². The van der Waals surface area contributed by atoms with E-state index in [1.165, 1.54) is 13.2 Å². The zero-order valence-corrected chi connectivity index (χ0v) is 16.9. The number of halogens is 2. The van der Waals surface area contributed by atoms with Gasteiger partial charge in [-0.05, 0) is 48.0 Å². The fraction of sp³-hybridized carbons (Fsp3) is 0.174. The lowest BCUT2D eigenvalue weighted by atomic mass is 9.97. The summed E-state index contributed by atoms with van der Waals surface area (Å²) in [5, 5.41) is 7.36. The van der Waals surface area contributed by atoms with Crippen LogP contribution in [0.4, 0.5) is 10.1 Å². The molecule has 3 aromatic carbocycles. The highest BCUT2D eigenvalue weighted by Crippen LogP contribution is 2.39. The van der Waals surface area contributed by atoms with Crippen LogP contribution in [0.15, 0.2) is 71.8 Å². The van der Waals surface area contributed by atoms with Crippen molar-refractivity contribution in [1.29, 1.82) is 0 Å². The molecule has 1 heterocycles. The van der Waals surface area contributed by atoms with Crippen LogP contribution < -0.4 is 14.5 Å². The molecule has 1 unspecified atom stereocenters. The molecule has 1 aliphatic heterocycles. The van der Waals surface area contributed by atoms with E-state index in [1.54, 1.807) is 13.2 Å². The maximum Gasteiger partial charge on any atom is 0.165 e. The van der Waals surface area contributed by atoms with Crippen LogP contribution in [0.1, 0.15) is 23.6 Å². The average Bonchev–Trinajstić information content (AvgIpc) is 3.19. The van der Waals surface area contributed by atoms with Crippen LogP contribution in [0.5, 0.6) is 11.5 Å². The van der Waals surface area contributed by atoms with Gasteiger partial charge >= 0.3 is 0 Å². The third-order valence-corrected chi connectivity index (χ3v) is 5.20. The summed E-state index contributed by atoms with van der Waals surface area (Å²) in [6.07, 6.45) is 0.596. The number of ether oxygens (including phenoxy) is 2. The highest BCUT2D eigenvalue weighted by Gasteiger charge is 2.31. The minimum atomic E-state index is -0.401.